The summed E-state index contributed by atoms with van der Waals surface area (Å²) in [5.41, 5.74) is 1.94. The molecular formula is C49H26O8S4. The highest BCUT2D eigenvalue weighted by molar-refractivity contribution is 7.44. The van der Waals surface area contributed by atoms with Gasteiger partial charge in [-0.05, 0) is 52.1 Å². The lowest BCUT2D eigenvalue weighted by atomic mass is 9.76. The molecule has 0 saturated heterocycles. The molecule has 0 atom stereocenters. The average molecular weight is 871 g/mol. The molecule has 8 nitrogen and oxygen atoms in total. The predicted octanol–water partition coefficient (Wildman–Crippen LogP) is 10.7. The minimum absolute atomic E-state index is 0.0773. The standard InChI is InChI=1S/C49H26O8S4/c50-38-31-17-9-7-15-29(31)33(40(38)52)19-27-20-35-37(49(27,47(54)56-23-25-11-3-1-4-12-25)48(55)57-24-26-13-5-2-6-14-26)43-45(59-35)46-44(61-43)42-36(60-46)22-28(58-42)21-34-30-16-8-10-18-32(30)39(51)41(34)53/h1-22H,23-24H2/b33-19-,34-21-. The number of esters is 2. The quantitative estimate of drug-likeness (QED) is 0.0641. The molecule has 0 N–H and O–H groups in total. The van der Waals surface area contributed by atoms with Crippen LogP contribution in [0.2, 0.25) is 0 Å². The Hall–Kier alpha value is -6.70. The first-order valence-electron chi connectivity index (χ1n) is 19.1. The fourth-order valence-corrected chi connectivity index (χ4v) is 14.2. The molecule has 3 aliphatic carbocycles. The maximum Gasteiger partial charge on any atom is 0.333 e. The summed E-state index contributed by atoms with van der Waals surface area (Å²) < 4.78 is 17.7. The molecule has 0 saturated carbocycles. The summed E-state index contributed by atoms with van der Waals surface area (Å²) in [6.07, 6.45) is 5.00. The second kappa shape index (κ2) is 14.2. The molecule has 11 rings (SSSR count). The highest BCUT2D eigenvalue weighted by Gasteiger charge is 2.59. The smallest absolute Gasteiger partial charge is 0.333 e. The van der Waals surface area contributed by atoms with Crippen LogP contribution in [0.15, 0.2) is 127 Å². The number of hydrogen-bond donors (Lipinski definition) is 0. The van der Waals surface area contributed by atoms with E-state index in [2.05, 4.69) is 0 Å². The van der Waals surface area contributed by atoms with Crippen molar-refractivity contribution in [3.05, 3.63) is 176 Å². The zero-order chi connectivity index (χ0) is 41.6. The molecule has 12 heteroatoms. The zero-order valence-corrected chi connectivity index (χ0v) is 34.8. The Bertz CT molecular complexity index is 3310. The van der Waals surface area contributed by atoms with Crippen molar-refractivity contribution in [2.75, 3.05) is 0 Å². The number of rotatable bonds is 8. The topological polar surface area (TPSA) is 121 Å². The van der Waals surface area contributed by atoms with Gasteiger partial charge in [0.05, 0.1) is 23.5 Å². The molecule has 0 fully saturated rings. The number of hydrogen-bond acceptors (Lipinski definition) is 12. The van der Waals surface area contributed by atoms with Gasteiger partial charge in [0.2, 0.25) is 28.5 Å². The highest BCUT2D eigenvalue weighted by Crippen LogP contribution is 2.58. The van der Waals surface area contributed by atoms with Gasteiger partial charge >= 0.3 is 11.9 Å². The van der Waals surface area contributed by atoms with Crippen LogP contribution in [0.4, 0.5) is 0 Å². The lowest BCUT2D eigenvalue weighted by molar-refractivity contribution is -0.164. The number of allylic oxidation sites excluding steroid dienone is 3. The van der Waals surface area contributed by atoms with Crippen LogP contribution in [0.1, 0.15) is 58.3 Å². The molecule has 4 heterocycles. The van der Waals surface area contributed by atoms with Crippen molar-refractivity contribution >= 4 is 132 Å². The van der Waals surface area contributed by atoms with Crippen LogP contribution in [-0.4, -0.2) is 35.1 Å². The normalized spacial score (nSPS) is 16.6. The van der Waals surface area contributed by atoms with E-state index in [9.17, 15) is 19.2 Å². The van der Waals surface area contributed by atoms with Gasteiger partial charge in [-0.2, -0.15) is 0 Å². The van der Waals surface area contributed by atoms with E-state index < -0.39 is 40.5 Å². The summed E-state index contributed by atoms with van der Waals surface area (Å²) in [6, 6.07) is 34.0. The van der Waals surface area contributed by atoms with E-state index in [1.807, 2.05) is 72.8 Å². The van der Waals surface area contributed by atoms with Gasteiger partial charge in [-0.1, -0.05) is 109 Å². The van der Waals surface area contributed by atoms with Crippen molar-refractivity contribution < 1.29 is 38.2 Å². The van der Waals surface area contributed by atoms with Crippen LogP contribution in [0, 0.1) is 0 Å². The van der Waals surface area contributed by atoms with E-state index in [0.717, 1.165) is 28.4 Å². The van der Waals surface area contributed by atoms with Gasteiger partial charge in [0.15, 0.2) is 0 Å². The second-order valence-corrected chi connectivity index (χ2v) is 18.9. The lowest BCUT2D eigenvalue weighted by Gasteiger charge is -2.28. The molecule has 0 amide bonds. The first-order chi connectivity index (χ1) is 29.7. The van der Waals surface area contributed by atoms with E-state index in [4.69, 9.17) is 9.47 Å². The largest absolute Gasteiger partial charge is 0.459 e. The Labute approximate surface area is 362 Å². The van der Waals surface area contributed by atoms with Crippen LogP contribution < -0.4 is 0 Å². The van der Waals surface area contributed by atoms with Gasteiger partial charge in [0.1, 0.15) is 13.2 Å². The molecule has 0 spiro atoms. The summed E-state index contributed by atoms with van der Waals surface area (Å²) in [5.74, 6) is -4.19. The van der Waals surface area contributed by atoms with Gasteiger partial charge in [0, 0.05) is 42.3 Å². The fourth-order valence-electron chi connectivity index (χ4n) is 8.32. The van der Waals surface area contributed by atoms with Gasteiger partial charge < -0.3 is 9.47 Å². The molecule has 4 aromatic heterocycles. The van der Waals surface area contributed by atoms with Crippen molar-refractivity contribution in [1.29, 1.82) is 0 Å². The molecule has 0 bridgehead atoms. The predicted molar refractivity (Wildman–Crippen MR) is 240 cm³/mol. The number of ether oxygens (including phenoxy) is 2. The van der Waals surface area contributed by atoms with Gasteiger partial charge in [-0.3, -0.25) is 28.8 Å². The molecule has 61 heavy (non-hydrogen) atoms. The molecule has 4 aromatic carbocycles. The second-order valence-electron chi connectivity index (χ2n) is 14.7. The molecule has 0 aliphatic heterocycles. The Kier molecular flexibility index (Phi) is 8.69. The van der Waals surface area contributed by atoms with Crippen molar-refractivity contribution in [2.24, 2.45) is 0 Å². The van der Waals surface area contributed by atoms with Crippen LogP contribution in [0.5, 0.6) is 0 Å². The molecular weight excluding hydrogens is 845 g/mol. The summed E-state index contributed by atoms with van der Waals surface area (Å²) in [5, 5.41) is 0. The molecule has 294 valence electrons. The Morgan fingerprint density at radius 1 is 0.508 bits per heavy atom. The Balaban J connectivity index is 1.09. The first kappa shape index (κ1) is 37.3. The molecule has 0 radical (unpaired) electrons. The van der Waals surface area contributed by atoms with E-state index in [-0.39, 0.29) is 29.9 Å². The average Bonchev–Trinajstić information content (AvgIpc) is 4.14. The number of benzene rings is 4. The highest BCUT2D eigenvalue weighted by atomic mass is 32.1. The van der Waals surface area contributed by atoms with Gasteiger partial charge in [-0.15, -0.1) is 45.3 Å². The van der Waals surface area contributed by atoms with E-state index in [1.54, 1.807) is 66.0 Å². The molecule has 0 unspecified atom stereocenters. The monoisotopic (exact) mass is 870 g/mol. The van der Waals surface area contributed by atoms with Crippen LogP contribution in [0.3, 0.4) is 0 Å². The minimum atomic E-state index is -2.18. The Morgan fingerprint density at radius 2 is 1.00 bits per heavy atom. The number of carbonyl (C=O) groups is 6. The number of Topliss-reactive ketones (excluding diaryl/α,β-unsaturated/α-hetero) is 4. The van der Waals surface area contributed by atoms with E-state index >= 15 is 9.59 Å². The van der Waals surface area contributed by atoms with Crippen molar-refractivity contribution in [3.8, 4) is 0 Å². The summed E-state index contributed by atoms with van der Waals surface area (Å²) in [6.45, 7) is -0.265. The van der Waals surface area contributed by atoms with Gasteiger partial charge in [0.25, 0.3) is 0 Å². The maximum absolute atomic E-state index is 15.2. The van der Waals surface area contributed by atoms with Crippen molar-refractivity contribution in [3.63, 3.8) is 0 Å². The number of fused-ring (bicyclic) bond motifs is 9. The number of thiophene rings is 4. The number of ketones is 4. The lowest BCUT2D eigenvalue weighted by Crippen LogP contribution is -2.46. The van der Waals surface area contributed by atoms with Gasteiger partial charge in [-0.25, -0.2) is 0 Å². The van der Waals surface area contributed by atoms with E-state index in [1.165, 1.54) is 40.1 Å². The van der Waals surface area contributed by atoms with Crippen LogP contribution >= 0.6 is 45.3 Å². The third-order valence-electron chi connectivity index (χ3n) is 11.2. The van der Waals surface area contributed by atoms with Crippen molar-refractivity contribution in [1.82, 2.24) is 0 Å². The summed E-state index contributed by atoms with van der Waals surface area (Å²) >= 11 is 5.97. The summed E-state index contributed by atoms with van der Waals surface area (Å²) in [7, 11) is 0. The van der Waals surface area contributed by atoms with Crippen molar-refractivity contribution in [2.45, 2.75) is 18.6 Å². The summed E-state index contributed by atoms with van der Waals surface area (Å²) in [4.78, 5) is 84.4. The number of carbonyl (C=O) groups excluding carboxylic acids is 6. The maximum atomic E-state index is 15.2. The molecule has 3 aliphatic rings. The third-order valence-corrected chi connectivity index (χ3v) is 16.5. The first-order valence-corrected chi connectivity index (χ1v) is 22.4. The molecule has 8 aromatic rings. The fraction of sp³-hybridized carbons (Fsp3) is 0.0612. The minimum Gasteiger partial charge on any atom is -0.459 e. The zero-order valence-electron chi connectivity index (χ0n) is 31.5. The SMILES string of the molecule is O=C1C(=O)c2ccccc2/C1=C/C1=Cc2sc3c(sc4c5sc(/C=C6\C(=O)C(=O)c7ccccc76)cc5sc34)c2C1(C(=O)OCc1ccccc1)C(=O)OCc1ccccc1. The Morgan fingerprint density at radius 3 is 1.57 bits per heavy atom. The van der Waals surface area contributed by atoms with Crippen LogP contribution in [0.25, 0.3) is 51.5 Å². The van der Waals surface area contributed by atoms with E-state index in [0.29, 0.717) is 48.5 Å². The van der Waals surface area contributed by atoms with Crippen LogP contribution in [-0.2, 0) is 47.3 Å². The third kappa shape index (κ3) is 5.67.